The molecular weight excluding hydrogens is 536 g/mol. The van der Waals surface area contributed by atoms with Crippen LogP contribution in [0, 0.1) is 0 Å². The Bertz CT molecular complexity index is 1210. The van der Waals surface area contributed by atoms with Crippen molar-refractivity contribution in [3.05, 3.63) is 94.5 Å². The number of hydrogen-bond acceptors (Lipinski definition) is 4. The Morgan fingerprint density at radius 1 is 0.919 bits per heavy atom. The molecule has 2 N–H and O–H groups in total. The standard InChI is InChI=1S/C29H31BrN2O5/c1-29(2,3)37-28(36)31-17-18-32(26(33)23-13-15-24(30)16-14-23)25(27(34)35)19-20-9-11-22(12-10-20)21-7-5-4-6-8-21/h4-16,25H,17-19H2,1-3H3,(H,31,36)(H,34,35). The highest BCUT2D eigenvalue weighted by Gasteiger charge is 2.31. The van der Waals surface area contributed by atoms with E-state index in [1.807, 2.05) is 54.6 Å². The number of amides is 2. The maximum Gasteiger partial charge on any atom is 0.407 e. The first-order valence-corrected chi connectivity index (χ1v) is 12.7. The molecule has 0 heterocycles. The lowest BCUT2D eigenvalue weighted by Crippen LogP contribution is -2.49. The zero-order valence-corrected chi connectivity index (χ0v) is 22.7. The van der Waals surface area contributed by atoms with Gasteiger partial charge in [-0.1, -0.05) is 70.5 Å². The van der Waals surface area contributed by atoms with E-state index in [-0.39, 0.29) is 19.5 Å². The molecule has 0 saturated carbocycles. The minimum Gasteiger partial charge on any atom is -0.480 e. The van der Waals surface area contributed by atoms with Gasteiger partial charge in [0, 0.05) is 29.5 Å². The number of alkyl carbamates (subject to hydrolysis) is 1. The molecule has 3 aromatic rings. The molecule has 0 spiro atoms. The van der Waals surface area contributed by atoms with Gasteiger partial charge in [0.05, 0.1) is 0 Å². The van der Waals surface area contributed by atoms with Crippen molar-refractivity contribution in [1.29, 1.82) is 0 Å². The molecule has 0 radical (unpaired) electrons. The van der Waals surface area contributed by atoms with Crippen molar-refractivity contribution in [2.75, 3.05) is 13.1 Å². The zero-order valence-electron chi connectivity index (χ0n) is 21.1. The molecule has 0 aliphatic rings. The highest BCUT2D eigenvalue weighted by Crippen LogP contribution is 2.21. The first-order valence-electron chi connectivity index (χ1n) is 11.9. The monoisotopic (exact) mass is 566 g/mol. The van der Waals surface area contributed by atoms with Crippen molar-refractivity contribution in [1.82, 2.24) is 10.2 Å². The maximum atomic E-state index is 13.4. The minimum absolute atomic E-state index is 0.00674. The van der Waals surface area contributed by atoms with E-state index in [0.29, 0.717) is 5.56 Å². The molecule has 2 amide bonds. The maximum absolute atomic E-state index is 13.4. The number of ether oxygens (including phenoxy) is 1. The first kappa shape index (κ1) is 27.9. The smallest absolute Gasteiger partial charge is 0.407 e. The highest BCUT2D eigenvalue weighted by molar-refractivity contribution is 9.10. The molecule has 0 aliphatic heterocycles. The van der Waals surface area contributed by atoms with E-state index in [1.165, 1.54) is 4.90 Å². The Hall–Kier alpha value is -3.65. The first-order chi connectivity index (χ1) is 17.5. The van der Waals surface area contributed by atoms with Crippen LogP contribution >= 0.6 is 15.9 Å². The lowest BCUT2D eigenvalue weighted by Gasteiger charge is -2.30. The van der Waals surface area contributed by atoms with Crippen molar-refractivity contribution < 1.29 is 24.2 Å². The van der Waals surface area contributed by atoms with Crippen LogP contribution in [0.5, 0.6) is 0 Å². The Morgan fingerprint density at radius 2 is 1.51 bits per heavy atom. The lowest BCUT2D eigenvalue weighted by molar-refractivity contribution is -0.142. The van der Waals surface area contributed by atoms with E-state index in [2.05, 4.69) is 21.2 Å². The topological polar surface area (TPSA) is 95.9 Å². The molecule has 3 aromatic carbocycles. The van der Waals surface area contributed by atoms with Crippen molar-refractivity contribution in [3.63, 3.8) is 0 Å². The van der Waals surface area contributed by atoms with Crippen LogP contribution in [0.4, 0.5) is 4.79 Å². The van der Waals surface area contributed by atoms with Gasteiger partial charge in [-0.15, -0.1) is 0 Å². The molecule has 0 aromatic heterocycles. The second-order valence-electron chi connectivity index (χ2n) is 9.56. The zero-order chi connectivity index (χ0) is 27.0. The van der Waals surface area contributed by atoms with Crippen LogP contribution in [0.3, 0.4) is 0 Å². The van der Waals surface area contributed by atoms with Gasteiger partial charge in [0.15, 0.2) is 0 Å². The van der Waals surface area contributed by atoms with Gasteiger partial charge in [0.1, 0.15) is 11.6 Å². The summed E-state index contributed by atoms with van der Waals surface area (Å²) in [5, 5.41) is 12.7. The molecule has 0 saturated heterocycles. The van der Waals surface area contributed by atoms with Crippen molar-refractivity contribution in [2.24, 2.45) is 0 Å². The summed E-state index contributed by atoms with van der Waals surface area (Å²) in [6.07, 6.45) is -0.522. The third kappa shape index (κ3) is 8.46. The van der Waals surface area contributed by atoms with Crippen LogP contribution < -0.4 is 5.32 Å². The van der Waals surface area contributed by atoms with Gasteiger partial charge in [-0.3, -0.25) is 4.79 Å². The predicted molar refractivity (Wildman–Crippen MR) is 146 cm³/mol. The number of carbonyl (C=O) groups excluding carboxylic acids is 2. The summed E-state index contributed by atoms with van der Waals surface area (Å²) in [4.78, 5) is 39.2. The van der Waals surface area contributed by atoms with Crippen molar-refractivity contribution >= 4 is 33.9 Å². The van der Waals surface area contributed by atoms with E-state index in [0.717, 1.165) is 21.2 Å². The molecule has 37 heavy (non-hydrogen) atoms. The third-order valence-electron chi connectivity index (χ3n) is 5.52. The predicted octanol–water partition coefficient (Wildman–Crippen LogP) is 5.78. The number of nitrogens with zero attached hydrogens (tertiary/aromatic N) is 1. The molecule has 8 heteroatoms. The Labute approximate surface area is 225 Å². The molecule has 194 valence electrons. The number of nitrogens with one attached hydrogen (secondary N) is 1. The van der Waals surface area contributed by atoms with Crippen LogP contribution in [0.25, 0.3) is 11.1 Å². The quantitative estimate of drug-likeness (QED) is 0.342. The second-order valence-corrected chi connectivity index (χ2v) is 10.5. The largest absolute Gasteiger partial charge is 0.480 e. The number of benzene rings is 3. The van der Waals surface area contributed by atoms with E-state index in [4.69, 9.17) is 4.74 Å². The second kappa shape index (κ2) is 12.5. The van der Waals surface area contributed by atoms with Gasteiger partial charge in [-0.2, -0.15) is 0 Å². The van der Waals surface area contributed by atoms with Crippen molar-refractivity contribution in [2.45, 2.75) is 38.8 Å². The summed E-state index contributed by atoms with van der Waals surface area (Å²) in [6, 6.07) is 23.1. The average molecular weight is 567 g/mol. The van der Waals surface area contributed by atoms with E-state index < -0.39 is 29.6 Å². The molecular formula is C29H31BrN2O5. The number of carboxylic acids is 1. The summed E-state index contributed by atoms with van der Waals surface area (Å²) in [5.41, 5.74) is 2.53. The van der Waals surface area contributed by atoms with Crippen LogP contribution in [-0.4, -0.2) is 52.7 Å². The van der Waals surface area contributed by atoms with Gasteiger partial charge in [-0.25, -0.2) is 9.59 Å². The van der Waals surface area contributed by atoms with Gasteiger partial charge < -0.3 is 20.1 Å². The number of halogens is 1. The fourth-order valence-electron chi connectivity index (χ4n) is 3.77. The van der Waals surface area contributed by atoms with Crippen LogP contribution in [0.2, 0.25) is 0 Å². The average Bonchev–Trinajstić information content (AvgIpc) is 2.85. The fraction of sp³-hybridized carbons (Fsp3) is 0.276. The van der Waals surface area contributed by atoms with Crippen LogP contribution in [0.15, 0.2) is 83.3 Å². The van der Waals surface area contributed by atoms with E-state index >= 15 is 0 Å². The number of rotatable bonds is 9. The summed E-state index contributed by atoms with van der Waals surface area (Å²) >= 11 is 3.35. The third-order valence-corrected chi connectivity index (χ3v) is 6.05. The number of carboxylic acid groups (broad SMARTS) is 1. The summed E-state index contributed by atoms with van der Waals surface area (Å²) in [6.45, 7) is 5.28. The molecule has 1 atom stereocenters. The Morgan fingerprint density at radius 3 is 2.08 bits per heavy atom. The molecule has 0 aliphatic carbocycles. The molecule has 7 nitrogen and oxygen atoms in total. The number of carbonyl (C=O) groups is 3. The van der Waals surface area contributed by atoms with Gasteiger partial charge in [-0.05, 0) is 61.7 Å². The van der Waals surface area contributed by atoms with Crippen LogP contribution in [-0.2, 0) is 16.0 Å². The fourth-order valence-corrected chi connectivity index (χ4v) is 4.03. The van der Waals surface area contributed by atoms with E-state index in [9.17, 15) is 19.5 Å². The highest BCUT2D eigenvalue weighted by atomic mass is 79.9. The Balaban J connectivity index is 1.81. The van der Waals surface area contributed by atoms with Crippen molar-refractivity contribution in [3.8, 4) is 11.1 Å². The molecule has 3 rings (SSSR count). The summed E-state index contributed by atoms with van der Waals surface area (Å²) < 4.78 is 6.06. The molecule has 1 unspecified atom stereocenters. The SMILES string of the molecule is CC(C)(C)OC(=O)NCCN(C(=O)c1ccc(Br)cc1)C(Cc1ccc(-c2ccccc2)cc1)C(=O)O. The lowest BCUT2D eigenvalue weighted by atomic mass is 9.99. The summed E-state index contributed by atoms with van der Waals surface area (Å²) in [7, 11) is 0. The minimum atomic E-state index is -1.14. The number of aliphatic carboxylic acids is 1. The van der Waals surface area contributed by atoms with E-state index in [1.54, 1.807) is 45.0 Å². The molecule has 0 bridgehead atoms. The van der Waals surface area contributed by atoms with Gasteiger partial charge in [0.25, 0.3) is 5.91 Å². The Kier molecular flexibility index (Phi) is 9.47. The van der Waals surface area contributed by atoms with Gasteiger partial charge >= 0.3 is 12.1 Å². The summed E-state index contributed by atoms with van der Waals surface area (Å²) in [5.74, 6) is -1.57. The molecule has 0 fully saturated rings. The number of hydrogen-bond donors (Lipinski definition) is 2. The van der Waals surface area contributed by atoms with Crippen LogP contribution in [0.1, 0.15) is 36.7 Å². The van der Waals surface area contributed by atoms with Gasteiger partial charge in [0.2, 0.25) is 0 Å². The normalized spacial score (nSPS) is 11.9.